The predicted octanol–water partition coefficient (Wildman–Crippen LogP) is 5.25. The summed E-state index contributed by atoms with van der Waals surface area (Å²) in [6, 6.07) is 21.2. The summed E-state index contributed by atoms with van der Waals surface area (Å²) in [5.74, 6) is 0. The highest BCUT2D eigenvalue weighted by molar-refractivity contribution is 8.09. The van der Waals surface area contributed by atoms with E-state index >= 15 is 0 Å². The van der Waals surface area contributed by atoms with E-state index in [4.69, 9.17) is 0 Å². The third kappa shape index (κ3) is 2.82. The highest BCUT2D eigenvalue weighted by atomic mass is 32.2. The van der Waals surface area contributed by atoms with E-state index in [0.29, 0.717) is 5.25 Å². The Balaban J connectivity index is 2.00. The van der Waals surface area contributed by atoms with Gasteiger partial charge in [0.2, 0.25) is 0 Å². The molecule has 1 aliphatic heterocycles. The largest absolute Gasteiger partial charge is 0.118 e. The number of allylic oxidation sites excluding steroid dienone is 2. The third-order valence-electron chi connectivity index (χ3n) is 3.18. The Bertz CT molecular complexity index is 609. The maximum absolute atomic E-state index is 2.34. The van der Waals surface area contributed by atoms with E-state index in [1.807, 2.05) is 11.8 Å². The zero-order valence-electron chi connectivity index (χ0n) is 10.9. The second-order valence-electron chi connectivity index (χ2n) is 4.69. The average molecular weight is 264 g/mol. The third-order valence-corrected chi connectivity index (χ3v) is 4.29. The van der Waals surface area contributed by atoms with Crippen LogP contribution < -0.4 is 0 Å². The molecule has 1 atom stereocenters. The Morgan fingerprint density at radius 3 is 2.00 bits per heavy atom. The normalized spacial score (nSPS) is 18.7. The van der Waals surface area contributed by atoms with Gasteiger partial charge >= 0.3 is 0 Å². The van der Waals surface area contributed by atoms with Gasteiger partial charge in [-0.05, 0) is 29.7 Å². The Morgan fingerprint density at radius 2 is 1.37 bits per heavy atom. The first kappa shape index (κ1) is 12.3. The lowest BCUT2D eigenvalue weighted by atomic mass is 10.0. The summed E-state index contributed by atoms with van der Waals surface area (Å²) in [7, 11) is 0. The van der Waals surface area contributed by atoms with E-state index in [2.05, 4.69) is 79.7 Å². The molecule has 0 saturated carbocycles. The van der Waals surface area contributed by atoms with Gasteiger partial charge in [-0.15, -0.1) is 11.8 Å². The molecule has 1 aliphatic rings. The van der Waals surface area contributed by atoms with Gasteiger partial charge in [-0.1, -0.05) is 66.7 Å². The highest BCUT2D eigenvalue weighted by Gasteiger charge is 2.14. The fourth-order valence-electron chi connectivity index (χ4n) is 2.27. The van der Waals surface area contributed by atoms with Crippen LogP contribution >= 0.6 is 11.8 Å². The molecule has 1 unspecified atom stereocenters. The predicted molar refractivity (Wildman–Crippen MR) is 85.9 cm³/mol. The molecule has 0 nitrogen and oxygen atoms in total. The molecule has 0 N–H and O–H groups in total. The van der Waals surface area contributed by atoms with Gasteiger partial charge in [-0.25, -0.2) is 0 Å². The molecule has 0 radical (unpaired) electrons. The number of rotatable bonds is 2. The first-order chi connectivity index (χ1) is 9.33. The summed E-state index contributed by atoms with van der Waals surface area (Å²) in [5.41, 5.74) is 3.93. The Hall–Kier alpha value is -1.73. The summed E-state index contributed by atoms with van der Waals surface area (Å²) in [4.78, 5) is 1.36. The van der Waals surface area contributed by atoms with Crippen molar-refractivity contribution in [1.82, 2.24) is 0 Å². The van der Waals surface area contributed by atoms with Gasteiger partial charge in [0.05, 0.1) is 0 Å². The second kappa shape index (κ2) is 5.50. The van der Waals surface area contributed by atoms with E-state index in [0.717, 1.165) is 0 Å². The van der Waals surface area contributed by atoms with Crippen molar-refractivity contribution < 1.29 is 0 Å². The number of hydrogen-bond acceptors (Lipinski definition) is 1. The molecule has 1 heterocycles. The van der Waals surface area contributed by atoms with Crippen molar-refractivity contribution in [2.45, 2.75) is 12.2 Å². The quantitative estimate of drug-likeness (QED) is 0.714. The molecule has 2 aromatic carbocycles. The van der Waals surface area contributed by atoms with Gasteiger partial charge in [0.15, 0.2) is 0 Å². The molecule has 0 spiro atoms. The van der Waals surface area contributed by atoms with Gasteiger partial charge in [-0.3, -0.25) is 0 Å². The molecule has 0 bridgehead atoms. The molecule has 2 aromatic rings. The van der Waals surface area contributed by atoms with Crippen LogP contribution in [0.2, 0.25) is 0 Å². The molecule has 1 heteroatoms. The fourth-order valence-corrected chi connectivity index (χ4v) is 3.36. The van der Waals surface area contributed by atoms with Gasteiger partial charge in [0.1, 0.15) is 0 Å². The summed E-state index contributed by atoms with van der Waals surface area (Å²) < 4.78 is 0. The van der Waals surface area contributed by atoms with Crippen molar-refractivity contribution in [2.75, 3.05) is 0 Å². The van der Waals surface area contributed by atoms with Crippen molar-refractivity contribution in [2.24, 2.45) is 0 Å². The molecule has 0 aliphatic carbocycles. The van der Waals surface area contributed by atoms with E-state index < -0.39 is 0 Å². The summed E-state index contributed by atoms with van der Waals surface area (Å²) >= 11 is 1.92. The monoisotopic (exact) mass is 264 g/mol. The number of thioether (sulfide) groups is 1. The van der Waals surface area contributed by atoms with E-state index in [1.54, 1.807) is 0 Å². The van der Waals surface area contributed by atoms with Crippen LogP contribution in [0.1, 0.15) is 18.1 Å². The zero-order chi connectivity index (χ0) is 13.1. The Morgan fingerprint density at radius 1 is 0.789 bits per heavy atom. The van der Waals surface area contributed by atoms with Gasteiger partial charge in [0.25, 0.3) is 0 Å². The molecule has 0 amide bonds. The molecule has 19 heavy (non-hydrogen) atoms. The van der Waals surface area contributed by atoms with Crippen molar-refractivity contribution in [3.63, 3.8) is 0 Å². The van der Waals surface area contributed by atoms with Crippen LogP contribution in [-0.4, -0.2) is 5.25 Å². The van der Waals surface area contributed by atoms with Crippen LogP contribution in [0.3, 0.4) is 0 Å². The topological polar surface area (TPSA) is 0 Å². The van der Waals surface area contributed by atoms with Crippen molar-refractivity contribution in [3.05, 3.63) is 83.9 Å². The van der Waals surface area contributed by atoms with Gasteiger partial charge in [-0.2, -0.15) is 0 Å². The number of benzene rings is 2. The lowest BCUT2D eigenvalue weighted by Gasteiger charge is -2.19. The lowest BCUT2D eigenvalue weighted by Crippen LogP contribution is -1.99. The molecule has 0 aromatic heterocycles. The first-order valence-electron chi connectivity index (χ1n) is 6.54. The summed E-state index contributed by atoms with van der Waals surface area (Å²) in [5, 5.41) is 0.510. The summed E-state index contributed by atoms with van der Waals surface area (Å²) in [6.07, 6.45) is 4.64. The van der Waals surface area contributed by atoms with Crippen LogP contribution in [0.25, 0.3) is 10.5 Å². The van der Waals surface area contributed by atoms with Crippen LogP contribution in [0.4, 0.5) is 0 Å². The molecular weight excluding hydrogens is 248 g/mol. The van der Waals surface area contributed by atoms with E-state index in [-0.39, 0.29) is 0 Å². The lowest BCUT2D eigenvalue weighted by molar-refractivity contribution is 1.25. The van der Waals surface area contributed by atoms with Crippen molar-refractivity contribution >= 4 is 22.2 Å². The highest BCUT2D eigenvalue weighted by Crippen LogP contribution is 2.39. The smallest absolute Gasteiger partial charge is 0.0255 e. The van der Waals surface area contributed by atoms with Crippen LogP contribution in [0, 0.1) is 0 Å². The minimum absolute atomic E-state index is 0.510. The fraction of sp³-hybridized carbons (Fsp3) is 0.111. The van der Waals surface area contributed by atoms with Crippen LogP contribution in [0.15, 0.2) is 72.8 Å². The van der Waals surface area contributed by atoms with Gasteiger partial charge < -0.3 is 0 Å². The molecule has 94 valence electrons. The van der Waals surface area contributed by atoms with Crippen LogP contribution in [-0.2, 0) is 0 Å². The standard InChI is InChI=1S/C18H16S/c1-14-12-17(15-8-4-2-5-9-15)13-18(19-14)16-10-6-3-7-11-16/h2-14H,1H3. The van der Waals surface area contributed by atoms with E-state index in [1.165, 1.54) is 21.6 Å². The Kier molecular flexibility index (Phi) is 3.56. The maximum atomic E-state index is 2.34. The number of hydrogen-bond donors (Lipinski definition) is 0. The van der Waals surface area contributed by atoms with E-state index in [9.17, 15) is 0 Å². The first-order valence-corrected chi connectivity index (χ1v) is 7.42. The molecule has 0 saturated heterocycles. The average Bonchev–Trinajstić information content (AvgIpc) is 2.48. The second-order valence-corrected chi connectivity index (χ2v) is 6.10. The molecule has 3 rings (SSSR count). The molecule has 0 fully saturated rings. The van der Waals surface area contributed by atoms with Crippen molar-refractivity contribution in [1.29, 1.82) is 0 Å². The maximum Gasteiger partial charge on any atom is 0.0255 e. The minimum Gasteiger partial charge on any atom is -0.118 e. The SMILES string of the molecule is CC1C=C(c2ccccc2)C=C(c2ccccc2)S1. The van der Waals surface area contributed by atoms with Crippen molar-refractivity contribution in [3.8, 4) is 0 Å². The minimum atomic E-state index is 0.510. The van der Waals surface area contributed by atoms with Crippen LogP contribution in [0.5, 0.6) is 0 Å². The Labute approximate surface area is 118 Å². The summed E-state index contributed by atoms with van der Waals surface area (Å²) in [6.45, 7) is 2.25. The molecular formula is C18H16S. The van der Waals surface area contributed by atoms with Gasteiger partial charge in [0, 0.05) is 10.2 Å². The zero-order valence-corrected chi connectivity index (χ0v) is 11.7.